The SMILES string of the molecule is COCCOCCCn1cnc2c(C)csc2c1=O. The molecule has 2 aromatic rings. The van der Waals surface area contributed by atoms with Gasteiger partial charge in [-0.15, -0.1) is 11.3 Å². The van der Waals surface area contributed by atoms with Gasteiger partial charge in [-0.2, -0.15) is 0 Å². The summed E-state index contributed by atoms with van der Waals surface area (Å²) in [6, 6.07) is 0. The second-order valence-corrected chi connectivity index (χ2v) is 5.18. The molecule has 0 aliphatic carbocycles. The van der Waals surface area contributed by atoms with E-state index in [1.165, 1.54) is 11.3 Å². The number of aromatic nitrogens is 2. The molecule has 19 heavy (non-hydrogen) atoms. The number of nitrogens with zero attached hydrogens (tertiary/aromatic N) is 2. The van der Waals surface area contributed by atoms with Gasteiger partial charge in [0.2, 0.25) is 0 Å². The summed E-state index contributed by atoms with van der Waals surface area (Å²) in [5, 5.41) is 1.97. The molecule has 104 valence electrons. The molecule has 0 aromatic carbocycles. The molecule has 0 saturated heterocycles. The summed E-state index contributed by atoms with van der Waals surface area (Å²) in [6.45, 7) is 4.41. The maximum Gasteiger partial charge on any atom is 0.271 e. The van der Waals surface area contributed by atoms with Crippen LogP contribution in [0.15, 0.2) is 16.5 Å². The lowest BCUT2D eigenvalue weighted by Gasteiger charge is -2.06. The van der Waals surface area contributed by atoms with Gasteiger partial charge in [-0.05, 0) is 24.3 Å². The smallest absolute Gasteiger partial charge is 0.271 e. The molecule has 0 amide bonds. The monoisotopic (exact) mass is 282 g/mol. The molecule has 2 aromatic heterocycles. The third-order valence-electron chi connectivity index (χ3n) is 2.84. The zero-order valence-corrected chi connectivity index (χ0v) is 12.0. The van der Waals surface area contributed by atoms with Crippen molar-refractivity contribution in [1.29, 1.82) is 0 Å². The molecule has 0 unspecified atom stereocenters. The Labute approximate surface area is 115 Å². The van der Waals surface area contributed by atoms with Gasteiger partial charge in [0.25, 0.3) is 5.56 Å². The van der Waals surface area contributed by atoms with Crippen LogP contribution in [0.25, 0.3) is 10.2 Å². The Morgan fingerprint density at radius 3 is 3.00 bits per heavy atom. The maximum atomic E-state index is 12.2. The molecule has 0 aliphatic heterocycles. The Hall–Kier alpha value is -1.24. The highest BCUT2D eigenvalue weighted by molar-refractivity contribution is 7.17. The van der Waals surface area contributed by atoms with Crippen LogP contribution in [0.5, 0.6) is 0 Å². The van der Waals surface area contributed by atoms with E-state index in [0.29, 0.717) is 26.4 Å². The van der Waals surface area contributed by atoms with Crippen LogP contribution in [0, 0.1) is 6.92 Å². The third-order valence-corrected chi connectivity index (χ3v) is 3.92. The third kappa shape index (κ3) is 3.40. The van der Waals surface area contributed by atoms with Crippen molar-refractivity contribution in [3.8, 4) is 0 Å². The molecular weight excluding hydrogens is 264 g/mol. The van der Waals surface area contributed by atoms with Crippen LogP contribution >= 0.6 is 11.3 Å². The number of thiophene rings is 1. The van der Waals surface area contributed by atoms with Gasteiger partial charge in [-0.1, -0.05) is 0 Å². The van der Waals surface area contributed by atoms with E-state index < -0.39 is 0 Å². The van der Waals surface area contributed by atoms with Gasteiger partial charge in [0.05, 0.1) is 25.1 Å². The maximum absolute atomic E-state index is 12.2. The number of fused-ring (bicyclic) bond motifs is 1. The number of hydrogen-bond donors (Lipinski definition) is 0. The van der Waals surface area contributed by atoms with Gasteiger partial charge in [-0.25, -0.2) is 4.98 Å². The first-order valence-corrected chi connectivity index (χ1v) is 7.12. The quantitative estimate of drug-likeness (QED) is 0.727. The molecule has 0 bridgehead atoms. The highest BCUT2D eigenvalue weighted by atomic mass is 32.1. The molecule has 5 nitrogen and oxygen atoms in total. The molecule has 2 rings (SSSR count). The zero-order valence-electron chi connectivity index (χ0n) is 11.2. The van der Waals surface area contributed by atoms with E-state index in [2.05, 4.69) is 4.98 Å². The van der Waals surface area contributed by atoms with Crippen LogP contribution < -0.4 is 5.56 Å². The Morgan fingerprint density at radius 1 is 1.37 bits per heavy atom. The summed E-state index contributed by atoms with van der Waals surface area (Å²) < 4.78 is 12.6. The fourth-order valence-electron chi connectivity index (χ4n) is 1.80. The minimum Gasteiger partial charge on any atom is -0.382 e. The van der Waals surface area contributed by atoms with E-state index in [0.717, 1.165) is 22.2 Å². The van der Waals surface area contributed by atoms with Crippen molar-refractivity contribution >= 4 is 21.6 Å². The standard InChI is InChI=1S/C13H18N2O3S/c1-10-8-19-12-11(10)14-9-15(13(12)16)4-3-5-18-7-6-17-2/h8-9H,3-7H2,1-2H3. The van der Waals surface area contributed by atoms with Gasteiger partial charge in [0, 0.05) is 20.3 Å². The minimum absolute atomic E-state index is 0.0417. The summed E-state index contributed by atoms with van der Waals surface area (Å²) in [5.74, 6) is 0. The number of hydrogen-bond acceptors (Lipinski definition) is 5. The van der Waals surface area contributed by atoms with Crippen LogP contribution in [0.2, 0.25) is 0 Å². The van der Waals surface area contributed by atoms with Gasteiger partial charge in [0.1, 0.15) is 4.70 Å². The highest BCUT2D eigenvalue weighted by Gasteiger charge is 2.07. The van der Waals surface area contributed by atoms with Crippen molar-refractivity contribution in [3.05, 3.63) is 27.6 Å². The molecule has 0 saturated carbocycles. The van der Waals surface area contributed by atoms with Crippen LogP contribution in [-0.4, -0.2) is 36.5 Å². The van der Waals surface area contributed by atoms with Gasteiger partial charge in [0.15, 0.2) is 0 Å². The number of methoxy groups -OCH3 is 1. The van der Waals surface area contributed by atoms with Crippen molar-refractivity contribution in [3.63, 3.8) is 0 Å². The molecule has 2 heterocycles. The second-order valence-electron chi connectivity index (χ2n) is 4.30. The van der Waals surface area contributed by atoms with Crippen molar-refractivity contribution in [2.24, 2.45) is 0 Å². The molecule has 0 aliphatic rings. The van der Waals surface area contributed by atoms with Gasteiger partial charge >= 0.3 is 0 Å². The summed E-state index contributed by atoms with van der Waals surface area (Å²) in [6.07, 6.45) is 2.42. The molecule has 0 spiro atoms. The van der Waals surface area contributed by atoms with E-state index >= 15 is 0 Å². The number of aryl methyl sites for hydroxylation is 2. The predicted molar refractivity (Wildman–Crippen MR) is 75.9 cm³/mol. The number of rotatable bonds is 7. The summed E-state index contributed by atoms with van der Waals surface area (Å²) in [7, 11) is 1.65. The number of ether oxygens (including phenoxy) is 2. The fraction of sp³-hybridized carbons (Fsp3) is 0.538. The lowest BCUT2D eigenvalue weighted by Crippen LogP contribution is -2.20. The molecular formula is C13H18N2O3S. The Bertz CT molecular complexity index is 591. The van der Waals surface area contributed by atoms with E-state index in [1.54, 1.807) is 18.0 Å². The Kier molecular flexibility index (Phi) is 5.07. The van der Waals surface area contributed by atoms with Crippen molar-refractivity contribution in [2.45, 2.75) is 19.9 Å². The fourth-order valence-corrected chi connectivity index (χ4v) is 2.75. The largest absolute Gasteiger partial charge is 0.382 e. The zero-order chi connectivity index (χ0) is 13.7. The topological polar surface area (TPSA) is 53.4 Å². The second kappa shape index (κ2) is 6.79. The van der Waals surface area contributed by atoms with Crippen molar-refractivity contribution in [1.82, 2.24) is 9.55 Å². The lowest BCUT2D eigenvalue weighted by molar-refractivity contribution is 0.0679. The molecule has 0 radical (unpaired) electrons. The van der Waals surface area contributed by atoms with Crippen molar-refractivity contribution < 1.29 is 9.47 Å². The first-order chi connectivity index (χ1) is 9.24. The molecule has 0 atom stereocenters. The summed E-state index contributed by atoms with van der Waals surface area (Å²) >= 11 is 1.46. The van der Waals surface area contributed by atoms with Crippen LogP contribution in [0.1, 0.15) is 12.0 Å². The summed E-state index contributed by atoms with van der Waals surface area (Å²) in [4.78, 5) is 16.5. The van der Waals surface area contributed by atoms with Gasteiger partial charge < -0.3 is 9.47 Å². The van der Waals surface area contributed by atoms with Crippen LogP contribution in [0.3, 0.4) is 0 Å². The first-order valence-electron chi connectivity index (χ1n) is 6.24. The average molecular weight is 282 g/mol. The van der Waals surface area contributed by atoms with Crippen molar-refractivity contribution in [2.75, 3.05) is 26.9 Å². The lowest BCUT2D eigenvalue weighted by atomic mass is 10.3. The van der Waals surface area contributed by atoms with E-state index in [4.69, 9.17) is 9.47 Å². The minimum atomic E-state index is 0.0417. The highest BCUT2D eigenvalue weighted by Crippen LogP contribution is 2.19. The Balaban J connectivity index is 1.94. The normalized spacial score (nSPS) is 11.3. The van der Waals surface area contributed by atoms with Crippen LogP contribution in [0.4, 0.5) is 0 Å². The Morgan fingerprint density at radius 2 is 2.21 bits per heavy atom. The predicted octanol–water partition coefficient (Wildman–Crippen LogP) is 1.82. The molecule has 0 N–H and O–H groups in total. The van der Waals surface area contributed by atoms with Crippen LogP contribution in [-0.2, 0) is 16.0 Å². The van der Waals surface area contributed by atoms with E-state index in [1.807, 2.05) is 12.3 Å². The van der Waals surface area contributed by atoms with Gasteiger partial charge in [-0.3, -0.25) is 9.36 Å². The summed E-state index contributed by atoms with van der Waals surface area (Å²) in [5.41, 5.74) is 1.93. The van der Waals surface area contributed by atoms with E-state index in [9.17, 15) is 4.79 Å². The molecule has 0 fully saturated rings. The average Bonchev–Trinajstić information content (AvgIpc) is 2.78. The first kappa shape index (κ1) is 14.2. The van der Waals surface area contributed by atoms with E-state index in [-0.39, 0.29) is 5.56 Å². The molecule has 6 heteroatoms.